The van der Waals surface area contributed by atoms with Crippen LogP contribution in [0.25, 0.3) is 0 Å². The van der Waals surface area contributed by atoms with E-state index in [0.717, 1.165) is 12.3 Å². The van der Waals surface area contributed by atoms with Crippen LogP contribution in [0.3, 0.4) is 0 Å². The van der Waals surface area contributed by atoms with E-state index in [2.05, 4.69) is 10.6 Å². The minimum atomic E-state index is -0.960. The Morgan fingerprint density at radius 1 is 1.35 bits per heavy atom. The van der Waals surface area contributed by atoms with Gasteiger partial charge in [-0.25, -0.2) is 9.59 Å². The number of amides is 2. The van der Waals surface area contributed by atoms with Crippen LogP contribution in [0.15, 0.2) is 18.2 Å². The first-order valence-corrected chi connectivity index (χ1v) is 6.95. The molecule has 0 bridgehead atoms. The summed E-state index contributed by atoms with van der Waals surface area (Å²) < 4.78 is 0. The number of aryl methyl sites for hydroxylation is 1. The highest BCUT2D eigenvalue weighted by Crippen LogP contribution is 2.33. The number of carboxylic acids is 1. The third-order valence-electron chi connectivity index (χ3n) is 3.49. The van der Waals surface area contributed by atoms with Crippen LogP contribution in [0, 0.1) is 12.8 Å². The van der Waals surface area contributed by atoms with Gasteiger partial charge < -0.3 is 15.7 Å². The Balaban J connectivity index is 1.77. The van der Waals surface area contributed by atoms with Gasteiger partial charge in [-0.2, -0.15) is 0 Å². The molecule has 5 nitrogen and oxygen atoms in total. The lowest BCUT2D eigenvalue weighted by molar-refractivity contribution is 0.0696. The first-order chi connectivity index (χ1) is 9.56. The van der Waals surface area contributed by atoms with Crippen LogP contribution < -0.4 is 10.6 Å². The molecule has 5 heteroatoms. The third kappa shape index (κ3) is 4.26. The molecule has 1 saturated carbocycles. The van der Waals surface area contributed by atoms with Crippen LogP contribution in [-0.2, 0) is 0 Å². The molecule has 2 rings (SSSR count). The van der Waals surface area contributed by atoms with E-state index in [-0.39, 0.29) is 11.6 Å². The Morgan fingerprint density at radius 2 is 2.10 bits per heavy atom. The van der Waals surface area contributed by atoms with Crippen LogP contribution in [0.4, 0.5) is 10.5 Å². The maximum Gasteiger partial charge on any atom is 0.335 e. The average molecular weight is 276 g/mol. The molecule has 1 fully saturated rings. The molecule has 2 amide bonds. The van der Waals surface area contributed by atoms with Gasteiger partial charge in [-0.15, -0.1) is 0 Å². The maximum absolute atomic E-state index is 11.7. The van der Waals surface area contributed by atoms with Crippen LogP contribution >= 0.6 is 0 Å². The fraction of sp³-hybridized carbons (Fsp3) is 0.467. The van der Waals surface area contributed by atoms with Crippen LogP contribution in [0.1, 0.15) is 41.6 Å². The monoisotopic (exact) mass is 276 g/mol. The van der Waals surface area contributed by atoms with E-state index in [1.54, 1.807) is 19.1 Å². The highest BCUT2D eigenvalue weighted by molar-refractivity contribution is 5.92. The number of carbonyl (C=O) groups excluding carboxylic acids is 1. The number of carboxylic acid groups (broad SMARTS) is 1. The van der Waals surface area contributed by atoms with Gasteiger partial charge in [0.25, 0.3) is 0 Å². The smallest absolute Gasteiger partial charge is 0.335 e. The van der Waals surface area contributed by atoms with E-state index in [1.165, 1.54) is 25.3 Å². The summed E-state index contributed by atoms with van der Waals surface area (Å²) in [7, 11) is 0. The van der Waals surface area contributed by atoms with Gasteiger partial charge in [0.15, 0.2) is 0 Å². The van der Waals surface area contributed by atoms with Crippen molar-refractivity contribution in [2.45, 2.75) is 32.6 Å². The van der Waals surface area contributed by atoms with E-state index < -0.39 is 5.97 Å². The summed E-state index contributed by atoms with van der Waals surface area (Å²) in [6.45, 7) is 2.39. The summed E-state index contributed by atoms with van der Waals surface area (Å²) in [5, 5.41) is 14.4. The average Bonchev–Trinajstić information content (AvgIpc) is 3.18. The van der Waals surface area contributed by atoms with Gasteiger partial charge in [0, 0.05) is 12.2 Å². The van der Waals surface area contributed by atoms with E-state index >= 15 is 0 Å². The molecule has 1 aromatic carbocycles. The first kappa shape index (κ1) is 14.4. The lowest BCUT2D eigenvalue weighted by Crippen LogP contribution is -2.29. The number of benzene rings is 1. The van der Waals surface area contributed by atoms with Crippen LogP contribution in [0.5, 0.6) is 0 Å². The highest BCUT2D eigenvalue weighted by atomic mass is 16.4. The molecular formula is C15H20N2O3. The molecule has 0 aromatic heterocycles. The largest absolute Gasteiger partial charge is 0.478 e. The van der Waals surface area contributed by atoms with Crippen molar-refractivity contribution in [1.29, 1.82) is 0 Å². The molecule has 20 heavy (non-hydrogen) atoms. The van der Waals surface area contributed by atoms with Crippen molar-refractivity contribution in [1.82, 2.24) is 5.32 Å². The molecule has 0 radical (unpaired) electrons. The zero-order valence-corrected chi connectivity index (χ0v) is 11.6. The molecule has 0 unspecified atom stereocenters. The number of anilines is 1. The van der Waals surface area contributed by atoms with Gasteiger partial charge >= 0.3 is 12.0 Å². The molecule has 0 heterocycles. The van der Waals surface area contributed by atoms with E-state index in [1.807, 2.05) is 0 Å². The number of aromatic carboxylic acids is 1. The molecule has 0 spiro atoms. The zero-order valence-electron chi connectivity index (χ0n) is 11.6. The Hall–Kier alpha value is -2.04. The second-order valence-electron chi connectivity index (χ2n) is 5.30. The Labute approximate surface area is 118 Å². The maximum atomic E-state index is 11.7. The summed E-state index contributed by atoms with van der Waals surface area (Å²) in [5.74, 6) is -0.0790. The SMILES string of the molecule is Cc1cc(NC(=O)NCCCC2CC2)ccc1C(=O)O. The van der Waals surface area contributed by atoms with Gasteiger partial charge in [-0.05, 0) is 49.4 Å². The Kier molecular flexibility index (Phi) is 4.61. The second-order valence-corrected chi connectivity index (χ2v) is 5.30. The third-order valence-corrected chi connectivity index (χ3v) is 3.49. The number of rotatable bonds is 6. The van der Waals surface area contributed by atoms with Crippen molar-refractivity contribution in [2.24, 2.45) is 5.92 Å². The van der Waals surface area contributed by atoms with Crippen molar-refractivity contribution in [3.05, 3.63) is 29.3 Å². The predicted molar refractivity (Wildman–Crippen MR) is 77.1 cm³/mol. The number of hydrogen-bond donors (Lipinski definition) is 3. The quantitative estimate of drug-likeness (QED) is 0.699. The van der Waals surface area contributed by atoms with E-state index in [9.17, 15) is 9.59 Å². The van der Waals surface area contributed by atoms with E-state index in [0.29, 0.717) is 17.8 Å². The van der Waals surface area contributed by atoms with Crippen molar-refractivity contribution in [3.63, 3.8) is 0 Å². The lowest BCUT2D eigenvalue weighted by atomic mass is 10.1. The summed E-state index contributed by atoms with van der Waals surface area (Å²) in [5.41, 5.74) is 1.48. The van der Waals surface area contributed by atoms with Gasteiger partial charge in [-0.3, -0.25) is 0 Å². The number of nitrogens with one attached hydrogen (secondary N) is 2. The number of hydrogen-bond acceptors (Lipinski definition) is 2. The molecule has 1 aromatic rings. The van der Waals surface area contributed by atoms with Crippen LogP contribution in [-0.4, -0.2) is 23.7 Å². The standard InChI is InChI=1S/C15H20N2O3/c1-10-9-12(6-7-13(10)14(18)19)17-15(20)16-8-2-3-11-4-5-11/h6-7,9,11H,2-5,8H2,1H3,(H,18,19)(H2,16,17,20). The van der Waals surface area contributed by atoms with Crippen molar-refractivity contribution < 1.29 is 14.7 Å². The molecule has 0 aliphatic heterocycles. The Morgan fingerprint density at radius 3 is 2.70 bits per heavy atom. The molecule has 1 aliphatic carbocycles. The number of urea groups is 1. The summed E-state index contributed by atoms with van der Waals surface area (Å²) in [6, 6.07) is 4.51. The van der Waals surface area contributed by atoms with Gasteiger partial charge in [0.05, 0.1) is 5.56 Å². The molecule has 1 aliphatic rings. The fourth-order valence-electron chi connectivity index (χ4n) is 2.16. The summed E-state index contributed by atoms with van der Waals surface area (Å²) >= 11 is 0. The minimum absolute atomic E-state index is 0.247. The van der Waals surface area contributed by atoms with Gasteiger partial charge in [-0.1, -0.05) is 12.8 Å². The highest BCUT2D eigenvalue weighted by Gasteiger charge is 2.20. The van der Waals surface area contributed by atoms with Crippen molar-refractivity contribution in [3.8, 4) is 0 Å². The minimum Gasteiger partial charge on any atom is -0.478 e. The summed E-state index contributed by atoms with van der Waals surface area (Å²) in [6.07, 6.45) is 4.87. The van der Waals surface area contributed by atoms with Crippen molar-refractivity contribution in [2.75, 3.05) is 11.9 Å². The van der Waals surface area contributed by atoms with Gasteiger partial charge in [0.2, 0.25) is 0 Å². The molecular weight excluding hydrogens is 256 g/mol. The zero-order chi connectivity index (χ0) is 14.5. The molecule has 0 saturated heterocycles. The molecule has 0 atom stereocenters. The van der Waals surface area contributed by atoms with Crippen molar-refractivity contribution >= 4 is 17.7 Å². The number of carbonyl (C=O) groups is 2. The summed E-state index contributed by atoms with van der Waals surface area (Å²) in [4.78, 5) is 22.6. The van der Waals surface area contributed by atoms with E-state index in [4.69, 9.17) is 5.11 Å². The Bertz CT molecular complexity index is 510. The first-order valence-electron chi connectivity index (χ1n) is 6.95. The molecule has 108 valence electrons. The normalized spacial score (nSPS) is 13.8. The molecule has 3 N–H and O–H groups in total. The van der Waals surface area contributed by atoms with Gasteiger partial charge in [0.1, 0.15) is 0 Å². The second kappa shape index (κ2) is 6.41. The predicted octanol–water partition coefficient (Wildman–Crippen LogP) is 3.00. The fourth-order valence-corrected chi connectivity index (χ4v) is 2.16. The topological polar surface area (TPSA) is 78.4 Å². The van der Waals surface area contributed by atoms with Crippen LogP contribution in [0.2, 0.25) is 0 Å². The lowest BCUT2D eigenvalue weighted by Gasteiger charge is -2.09.